The highest BCUT2D eigenvalue weighted by atomic mass is 35.7. The second-order valence-electron chi connectivity index (χ2n) is 17.4. The minimum Gasteiger partial charge on any atom is -0.465 e. The topological polar surface area (TPSA) is 352 Å². The van der Waals surface area contributed by atoms with Gasteiger partial charge in [0.1, 0.15) is 5.75 Å². The average molecular weight is 1720 g/mol. The highest BCUT2D eigenvalue weighted by Crippen LogP contribution is 2.36. The largest absolute Gasteiger partial charge is 0.573 e. The van der Waals surface area contributed by atoms with Crippen LogP contribution in [0.4, 0.5) is 45.2 Å². The van der Waals surface area contributed by atoms with E-state index < -0.39 is 134 Å². The normalized spacial score (nSPS) is 12.1. The summed E-state index contributed by atoms with van der Waals surface area (Å²) in [5, 5.41) is 10.5. The molecule has 0 aliphatic rings. The first kappa shape index (κ1) is 98.5. The Hall–Kier alpha value is -2.87. The summed E-state index contributed by atoms with van der Waals surface area (Å²) in [7, 11) is 11.2. The number of hydrogen-bond acceptors (Lipinski definition) is 21. The van der Waals surface area contributed by atoms with Crippen molar-refractivity contribution in [2.45, 2.75) is 123 Å². The smallest absolute Gasteiger partial charge is 0.465 e. The fourth-order valence-electron chi connectivity index (χ4n) is 5.47. The Morgan fingerprint density at radius 1 is 0.453 bits per heavy atom. The number of methoxy groups -OCH3 is 1. The van der Waals surface area contributed by atoms with Gasteiger partial charge in [0.05, 0.1) is 66.4 Å². The molecular formula is C47H57Cl9F9NO21S8. The number of halogens is 18. The molecule has 550 valence electrons. The lowest BCUT2D eigenvalue weighted by atomic mass is 10.1. The van der Waals surface area contributed by atoms with Crippen molar-refractivity contribution in [2.75, 3.05) is 36.0 Å². The van der Waals surface area contributed by atoms with Crippen molar-refractivity contribution in [3.63, 3.8) is 0 Å². The van der Waals surface area contributed by atoms with E-state index in [2.05, 4.69) is 16.4 Å². The quantitative estimate of drug-likeness (QED) is 0.0134. The van der Waals surface area contributed by atoms with E-state index in [1.807, 2.05) is 6.92 Å². The van der Waals surface area contributed by atoms with Crippen molar-refractivity contribution in [1.29, 1.82) is 0 Å². The second kappa shape index (κ2) is 45.1. The summed E-state index contributed by atoms with van der Waals surface area (Å²) in [5.74, 6) is -0.624. The number of unbranched alkanes of at least 4 members (excludes halogenated alkanes) is 6. The number of alkyl halides is 10. The molecule has 4 rings (SSSR count). The Morgan fingerprint density at radius 3 is 1.20 bits per heavy atom. The zero-order chi connectivity index (χ0) is 75.5. The minimum atomic E-state index is -4.81. The van der Waals surface area contributed by atoms with Crippen molar-refractivity contribution >= 4 is 181 Å². The molecule has 0 aromatic heterocycles. The predicted octanol–water partition coefficient (Wildman–Crippen LogP) is 15.5. The van der Waals surface area contributed by atoms with E-state index in [1.165, 1.54) is 50.6 Å². The van der Waals surface area contributed by atoms with Gasteiger partial charge in [-0.05, 0) is 92.4 Å². The third-order valence-electron chi connectivity index (χ3n) is 9.54. The molecule has 0 fully saturated rings. The summed E-state index contributed by atoms with van der Waals surface area (Å²) < 4.78 is 284. The molecule has 0 N–H and O–H groups in total. The van der Waals surface area contributed by atoms with Crippen LogP contribution in [-0.2, 0) is 89.5 Å². The highest BCUT2D eigenvalue weighted by Gasteiger charge is 2.35. The molecule has 0 aliphatic carbocycles. The molecule has 0 amide bonds. The van der Waals surface area contributed by atoms with Crippen molar-refractivity contribution in [3.05, 3.63) is 118 Å². The SMILES string of the molecule is CCCCCCCCS(=O)(=O)Cl.CCCCS(=O)(=O)Cl.CCCS(=O)(=O)Cl.COC(=O)c1ccccc1S(=O)(=O)Cl.O=S(=O)(Cl)CCCCl.O=S(=O)(Cl)c1ccc(OC(F)(F)F)cc1.O=S(=O)(Cl)c1cccc(C(F)(F)F)c1.O=[N+]([O-])c1cc(C(F)(F)F)ccc1S(=O)(=O)Cl. The van der Waals surface area contributed by atoms with E-state index in [-0.39, 0.29) is 44.4 Å². The lowest BCUT2D eigenvalue weighted by Gasteiger charge is -2.08. The van der Waals surface area contributed by atoms with Crippen molar-refractivity contribution in [3.8, 4) is 5.75 Å². The molecule has 0 aliphatic heterocycles. The van der Waals surface area contributed by atoms with Gasteiger partial charge in [-0.1, -0.05) is 77.5 Å². The fourth-order valence-corrected chi connectivity index (χ4v) is 13.0. The Bertz CT molecular complexity index is 3940. The molecule has 0 radical (unpaired) electrons. The molecule has 22 nitrogen and oxygen atoms in total. The van der Waals surface area contributed by atoms with Gasteiger partial charge in [0, 0.05) is 97.4 Å². The first-order valence-corrected chi connectivity index (χ1v) is 44.9. The average Bonchev–Trinajstić information content (AvgIpc) is 0.835. The molecule has 48 heteroatoms. The fraction of sp³-hybridized carbons (Fsp3) is 0.468. The summed E-state index contributed by atoms with van der Waals surface area (Å²) in [4.78, 5) is 18.3. The van der Waals surface area contributed by atoms with Gasteiger partial charge >= 0.3 is 24.7 Å². The van der Waals surface area contributed by atoms with E-state index in [1.54, 1.807) is 6.92 Å². The number of ether oxygens (including phenoxy) is 2. The van der Waals surface area contributed by atoms with Crippen molar-refractivity contribution in [1.82, 2.24) is 0 Å². The van der Waals surface area contributed by atoms with Gasteiger partial charge in [-0.25, -0.2) is 72.1 Å². The van der Waals surface area contributed by atoms with E-state index >= 15 is 0 Å². The summed E-state index contributed by atoms with van der Waals surface area (Å²) >= 11 is 5.18. The van der Waals surface area contributed by atoms with Gasteiger partial charge in [0.2, 0.25) is 36.2 Å². The lowest BCUT2D eigenvalue weighted by Crippen LogP contribution is -2.17. The second-order valence-corrected chi connectivity index (χ2v) is 39.5. The Labute approximate surface area is 584 Å². The number of esters is 1. The van der Waals surface area contributed by atoms with Crippen LogP contribution in [0.3, 0.4) is 0 Å². The molecule has 0 unspecified atom stereocenters. The van der Waals surface area contributed by atoms with Crippen LogP contribution in [0.25, 0.3) is 0 Å². The Balaban J connectivity index is -0.000000506. The Morgan fingerprint density at radius 2 is 0.863 bits per heavy atom. The first-order valence-electron chi connectivity index (χ1n) is 25.2. The molecule has 4 aromatic carbocycles. The van der Waals surface area contributed by atoms with E-state index in [9.17, 15) is 122 Å². The number of carbonyl (C=O) groups is 1. The number of nitrogens with zero attached hydrogens (tertiary/aromatic N) is 1. The molecule has 0 saturated carbocycles. The molecular weight excluding hydrogens is 1660 g/mol. The van der Waals surface area contributed by atoms with Crippen LogP contribution in [-0.4, -0.2) is 121 Å². The van der Waals surface area contributed by atoms with Crippen LogP contribution < -0.4 is 4.74 Å². The number of hydrogen-bond donors (Lipinski definition) is 0. The van der Waals surface area contributed by atoms with E-state index in [0.717, 1.165) is 61.7 Å². The highest BCUT2D eigenvalue weighted by molar-refractivity contribution is 8.15. The summed E-state index contributed by atoms with van der Waals surface area (Å²) in [6, 6.07) is 13.4. The zero-order valence-electron chi connectivity index (χ0n) is 48.9. The number of nitro benzene ring substituents is 1. The van der Waals surface area contributed by atoms with Gasteiger partial charge in [0.15, 0.2) is 4.90 Å². The summed E-state index contributed by atoms with van der Waals surface area (Å²) in [5.41, 5.74) is -3.65. The van der Waals surface area contributed by atoms with Crippen LogP contribution in [0.1, 0.15) is 106 Å². The number of nitro groups is 1. The van der Waals surface area contributed by atoms with Crippen molar-refractivity contribution in [2.24, 2.45) is 0 Å². The Kier molecular flexibility index (Phi) is 46.8. The van der Waals surface area contributed by atoms with Gasteiger partial charge in [0.25, 0.3) is 41.9 Å². The third kappa shape index (κ3) is 54.6. The lowest BCUT2D eigenvalue weighted by molar-refractivity contribution is -0.388. The van der Waals surface area contributed by atoms with Crippen LogP contribution in [0.5, 0.6) is 5.75 Å². The molecule has 0 atom stereocenters. The van der Waals surface area contributed by atoms with E-state index in [0.29, 0.717) is 49.8 Å². The standard InChI is InChI=1S/C8H7ClO4S.C8H17ClO2S.C7H3ClF3NO4S.C7H4ClF3O3S.C7H4ClF3O2S.C4H9ClO2S.C3H6Cl2O2S.C3H7ClO2S/c1-13-8(10)6-4-2-3-5-7(6)14(9,11)12;1-2-3-4-5-6-7-8-12(9,10)11;8-17(15,16)6-2-1-4(7(9,10)11)3-5(6)12(13)14;8-15(12,13)6-3-1-5(2-4-6)14-7(9,10)11;8-14(12,13)6-3-1-2-5(4-6)7(9,10)11;1-2-3-4-8(5,6)7;4-2-1-3-8(5,6)7;1-2-3-7(4,5)6/h2-5H,1H3;2-8H2,1H3;1-3H;1-4H;1-4H;2-4H2,1H3;1-3H2;2-3H2,1H3. The maximum atomic E-state index is 12.3. The number of rotatable bonds is 22. The summed E-state index contributed by atoms with van der Waals surface area (Å²) in [6.07, 6.45) is -5.17. The van der Waals surface area contributed by atoms with Crippen LogP contribution in [0, 0.1) is 10.1 Å². The number of carbonyl (C=O) groups excluding carboxylic acids is 1. The maximum Gasteiger partial charge on any atom is 0.573 e. The van der Waals surface area contributed by atoms with Gasteiger partial charge in [-0.3, -0.25) is 10.1 Å². The predicted molar refractivity (Wildman–Crippen MR) is 345 cm³/mol. The zero-order valence-corrected chi connectivity index (χ0v) is 62.2. The van der Waals surface area contributed by atoms with Crippen LogP contribution in [0.15, 0.2) is 111 Å². The third-order valence-corrected chi connectivity index (χ3v) is 20.3. The molecule has 0 spiro atoms. The van der Waals surface area contributed by atoms with Gasteiger partial charge in [-0.15, -0.1) is 24.8 Å². The maximum absolute atomic E-state index is 12.3. The minimum absolute atomic E-state index is 0.0297. The molecule has 95 heavy (non-hydrogen) atoms. The van der Waals surface area contributed by atoms with Crippen molar-refractivity contribution < 1.29 is 126 Å². The number of benzene rings is 4. The van der Waals surface area contributed by atoms with Gasteiger partial charge in [-0.2, -0.15) is 26.3 Å². The molecule has 0 saturated heterocycles. The van der Waals surface area contributed by atoms with E-state index in [4.69, 9.17) is 97.1 Å². The molecule has 4 aromatic rings. The van der Waals surface area contributed by atoms with Crippen LogP contribution >= 0.6 is 97.1 Å². The first-order chi connectivity index (χ1) is 42.6. The molecule has 0 bridgehead atoms. The van der Waals surface area contributed by atoms with Gasteiger partial charge < -0.3 is 9.47 Å². The molecule has 0 heterocycles. The summed E-state index contributed by atoms with van der Waals surface area (Å²) in [6.45, 7) is 5.84. The monoisotopic (exact) mass is 1710 g/mol. The van der Waals surface area contributed by atoms with Crippen LogP contribution in [0.2, 0.25) is 0 Å².